The predicted octanol–water partition coefficient (Wildman–Crippen LogP) is 6.45. The molecule has 2 heterocycles. The standard InChI is InChI=1S/C25H50N2/c1-22(2,3)20-12-11-16-26(18-20)24(7,8)14-15-25(9,10)27-17-13-21(19-27)23(4,5)6/h20-21H,11-19H2,1-10H3. The van der Waals surface area contributed by atoms with Gasteiger partial charge in [-0.2, -0.15) is 0 Å². The first kappa shape index (κ1) is 23.2. The Morgan fingerprint density at radius 3 is 1.41 bits per heavy atom. The van der Waals surface area contributed by atoms with Gasteiger partial charge in [-0.15, -0.1) is 0 Å². The van der Waals surface area contributed by atoms with Crippen LogP contribution in [0.1, 0.15) is 101 Å². The van der Waals surface area contributed by atoms with Gasteiger partial charge in [0.1, 0.15) is 0 Å². The second kappa shape index (κ2) is 7.98. The molecule has 0 amide bonds. The van der Waals surface area contributed by atoms with Gasteiger partial charge in [0, 0.05) is 24.2 Å². The summed E-state index contributed by atoms with van der Waals surface area (Å²) in [4.78, 5) is 5.59. The molecule has 0 bridgehead atoms. The molecule has 0 saturated carbocycles. The van der Waals surface area contributed by atoms with Crippen LogP contribution >= 0.6 is 0 Å². The van der Waals surface area contributed by atoms with E-state index in [2.05, 4.69) is 79.0 Å². The van der Waals surface area contributed by atoms with Crippen molar-refractivity contribution in [3.05, 3.63) is 0 Å². The van der Waals surface area contributed by atoms with Crippen LogP contribution in [-0.2, 0) is 0 Å². The number of piperidine rings is 1. The quantitative estimate of drug-likeness (QED) is 0.542. The maximum Gasteiger partial charge on any atom is 0.0154 e. The Morgan fingerprint density at radius 1 is 0.593 bits per heavy atom. The molecule has 0 aromatic heterocycles. The lowest BCUT2D eigenvalue weighted by Gasteiger charge is -2.48. The van der Waals surface area contributed by atoms with E-state index in [9.17, 15) is 0 Å². The topological polar surface area (TPSA) is 6.48 Å². The molecule has 0 radical (unpaired) electrons. The fraction of sp³-hybridized carbons (Fsp3) is 1.00. The largest absolute Gasteiger partial charge is 0.298 e. The maximum absolute atomic E-state index is 2.81. The minimum Gasteiger partial charge on any atom is -0.298 e. The Balaban J connectivity index is 1.93. The SMILES string of the molecule is CC(C)(C)C1CCCN(C(C)(C)CCC(C)(C)N2CCC(C(C)(C)C)C2)C1. The molecule has 0 aromatic rings. The highest BCUT2D eigenvalue weighted by molar-refractivity contribution is 4.95. The van der Waals surface area contributed by atoms with Gasteiger partial charge in [0.2, 0.25) is 0 Å². The molecule has 27 heavy (non-hydrogen) atoms. The average molecular weight is 379 g/mol. The van der Waals surface area contributed by atoms with Crippen LogP contribution in [0.2, 0.25) is 0 Å². The normalized spacial score (nSPS) is 27.3. The molecular formula is C25H50N2. The summed E-state index contributed by atoms with van der Waals surface area (Å²) in [6, 6.07) is 0. The first-order valence-corrected chi connectivity index (χ1v) is 11.6. The third kappa shape index (κ3) is 5.95. The average Bonchev–Trinajstić information content (AvgIpc) is 3.04. The molecule has 160 valence electrons. The highest BCUT2D eigenvalue weighted by Gasteiger charge is 2.40. The first-order valence-electron chi connectivity index (χ1n) is 11.6. The van der Waals surface area contributed by atoms with Crippen LogP contribution in [-0.4, -0.2) is 47.1 Å². The number of nitrogens with zero attached hydrogens (tertiary/aromatic N) is 2. The van der Waals surface area contributed by atoms with Gasteiger partial charge in [-0.1, -0.05) is 41.5 Å². The zero-order valence-corrected chi connectivity index (χ0v) is 20.4. The number of rotatable bonds is 5. The summed E-state index contributed by atoms with van der Waals surface area (Å²) in [5.41, 5.74) is 1.51. The summed E-state index contributed by atoms with van der Waals surface area (Å²) < 4.78 is 0. The van der Waals surface area contributed by atoms with Gasteiger partial charge in [0.05, 0.1) is 0 Å². The van der Waals surface area contributed by atoms with E-state index in [4.69, 9.17) is 0 Å². The highest BCUT2D eigenvalue weighted by Crippen LogP contribution is 2.40. The Kier molecular flexibility index (Phi) is 6.85. The van der Waals surface area contributed by atoms with Crippen molar-refractivity contribution in [3.8, 4) is 0 Å². The molecule has 2 saturated heterocycles. The van der Waals surface area contributed by atoms with Crippen LogP contribution in [0.4, 0.5) is 0 Å². The summed E-state index contributed by atoms with van der Waals surface area (Å²) >= 11 is 0. The van der Waals surface area contributed by atoms with Gasteiger partial charge in [0.15, 0.2) is 0 Å². The molecule has 2 heteroatoms. The van der Waals surface area contributed by atoms with Crippen molar-refractivity contribution >= 4 is 0 Å². The van der Waals surface area contributed by atoms with Crippen molar-refractivity contribution in [1.82, 2.24) is 9.80 Å². The minimum absolute atomic E-state index is 0.310. The van der Waals surface area contributed by atoms with E-state index in [1.54, 1.807) is 0 Å². The zero-order valence-electron chi connectivity index (χ0n) is 20.4. The molecule has 2 aliphatic heterocycles. The molecule has 0 aliphatic carbocycles. The molecule has 2 atom stereocenters. The molecule has 2 unspecified atom stereocenters. The van der Waals surface area contributed by atoms with E-state index >= 15 is 0 Å². The smallest absolute Gasteiger partial charge is 0.0154 e. The monoisotopic (exact) mass is 378 g/mol. The third-order valence-electron chi connectivity index (χ3n) is 8.12. The van der Waals surface area contributed by atoms with Crippen LogP contribution in [0.25, 0.3) is 0 Å². The van der Waals surface area contributed by atoms with E-state index in [-0.39, 0.29) is 0 Å². The van der Waals surface area contributed by atoms with Crippen molar-refractivity contribution in [2.75, 3.05) is 26.2 Å². The van der Waals surface area contributed by atoms with Gasteiger partial charge in [-0.25, -0.2) is 0 Å². The van der Waals surface area contributed by atoms with Gasteiger partial charge in [0.25, 0.3) is 0 Å². The fourth-order valence-corrected chi connectivity index (χ4v) is 5.18. The zero-order chi connectivity index (χ0) is 20.7. The van der Waals surface area contributed by atoms with Crippen molar-refractivity contribution < 1.29 is 0 Å². The van der Waals surface area contributed by atoms with Crippen LogP contribution < -0.4 is 0 Å². The summed E-state index contributed by atoms with van der Waals surface area (Å²) in [7, 11) is 0. The molecule has 0 spiro atoms. The Bertz CT molecular complexity index is 478. The van der Waals surface area contributed by atoms with Crippen molar-refractivity contribution in [2.45, 2.75) is 112 Å². The summed E-state index contributed by atoms with van der Waals surface area (Å²) in [5.74, 6) is 1.68. The third-order valence-corrected chi connectivity index (χ3v) is 8.12. The second-order valence-corrected chi connectivity index (χ2v) is 13.1. The number of likely N-dealkylation sites (tertiary alicyclic amines) is 2. The van der Waals surface area contributed by atoms with E-state index in [1.807, 2.05) is 0 Å². The van der Waals surface area contributed by atoms with Crippen molar-refractivity contribution in [1.29, 1.82) is 0 Å². The molecular weight excluding hydrogens is 328 g/mol. The van der Waals surface area contributed by atoms with Gasteiger partial charge in [-0.05, 0) is 95.6 Å². The Labute approximate surface area is 171 Å². The number of hydrogen-bond acceptors (Lipinski definition) is 2. The van der Waals surface area contributed by atoms with E-state index in [0.717, 1.165) is 11.8 Å². The van der Waals surface area contributed by atoms with Crippen LogP contribution in [0, 0.1) is 22.7 Å². The van der Waals surface area contributed by atoms with Crippen LogP contribution in [0.3, 0.4) is 0 Å². The Morgan fingerprint density at radius 2 is 1.00 bits per heavy atom. The van der Waals surface area contributed by atoms with E-state index < -0.39 is 0 Å². The van der Waals surface area contributed by atoms with Crippen LogP contribution in [0.15, 0.2) is 0 Å². The lowest BCUT2D eigenvalue weighted by molar-refractivity contribution is 0.0150. The molecule has 2 nitrogen and oxygen atoms in total. The van der Waals surface area contributed by atoms with E-state index in [0.29, 0.717) is 21.9 Å². The van der Waals surface area contributed by atoms with Crippen molar-refractivity contribution in [2.24, 2.45) is 22.7 Å². The highest BCUT2D eigenvalue weighted by atomic mass is 15.2. The maximum atomic E-state index is 2.81. The fourth-order valence-electron chi connectivity index (χ4n) is 5.18. The molecule has 0 aromatic carbocycles. The lowest BCUT2D eigenvalue weighted by atomic mass is 9.75. The van der Waals surface area contributed by atoms with Crippen molar-refractivity contribution in [3.63, 3.8) is 0 Å². The molecule has 0 N–H and O–H groups in total. The van der Waals surface area contributed by atoms with Crippen LogP contribution in [0.5, 0.6) is 0 Å². The van der Waals surface area contributed by atoms with E-state index in [1.165, 1.54) is 58.3 Å². The van der Waals surface area contributed by atoms with Gasteiger partial charge < -0.3 is 0 Å². The summed E-state index contributed by atoms with van der Waals surface area (Å²) in [5, 5.41) is 0. The summed E-state index contributed by atoms with van der Waals surface area (Å²) in [6.07, 6.45) is 6.74. The molecule has 2 aliphatic rings. The first-order chi connectivity index (χ1) is 12.1. The predicted molar refractivity (Wildman–Crippen MR) is 120 cm³/mol. The lowest BCUT2D eigenvalue weighted by Crippen LogP contribution is -2.52. The molecule has 2 rings (SSSR count). The summed E-state index contributed by atoms with van der Waals surface area (Å²) in [6.45, 7) is 29.6. The minimum atomic E-state index is 0.310. The second-order valence-electron chi connectivity index (χ2n) is 13.1. The Hall–Kier alpha value is -0.0800. The molecule has 2 fully saturated rings. The van der Waals surface area contributed by atoms with Gasteiger partial charge >= 0.3 is 0 Å². The number of hydrogen-bond donors (Lipinski definition) is 0. The van der Waals surface area contributed by atoms with Gasteiger partial charge in [-0.3, -0.25) is 9.80 Å².